The zero-order valence-corrected chi connectivity index (χ0v) is 11.2. The van der Waals surface area contributed by atoms with Crippen molar-refractivity contribution in [1.82, 2.24) is 4.90 Å². The van der Waals surface area contributed by atoms with Gasteiger partial charge in [0.15, 0.2) is 0 Å². The Balaban J connectivity index is 0.00000256. The average molecular weight is 263 g/mol. The summed E-state index contributed by atoms with van der Waals surface area (Å²) in [6.45, 7) is 5.84. The van der Waals surface area contributed by atoms with E-state index in [0.29, 0.717) is 18.9 Å². The van der Waals surface area contributed by atoms with Crippen molar-refractivity contribution in [2.24, 2.45) is 11.7 Å². The summed E-state index contributed by atoms with van der Waals surface area (Å²) in [4.78, 5) is 13.8. The Bertz CT molecular complexity index is 237. The lowest BCUT2D eigenvalue weighted by Gasteiger charge is -2.31. The second-order valence-corrected chi connectivity index (χ2v) is 4.25. The van der Waals surface area contributed by atoms with Crippen molar-refractivity contribution in [3.8, 4) is 0 Å². The molecule has 0 saturated carbocycles. The Labute approximate surface area is 110 Å². The van der Waals surface area contributed by atoms with Gasteiger partial charge in [0.1, 0.15) is 0 Å². The smallest absolute Gasteiger partial charge is 0.225 e. The first-order valence-corrected chi connectivity index (χ1v) is 5.84. The van der Waals surface area contributed by atoms with E-state index in [1.165, 1.54) is 0 Å². The summed E-state index contributed by atoms with van der Waals surface area (Å²) in [5, 5.41) is 0. The lowest BCUT2D eigenvalue weighted by Crippen LogP contribution is -2.40. The maximum atomic E-state index is 11.9. The van der Waals surface area contributed by atoms with Gasteiger partial charge in [-0.15, -0.1) is 19.0 Å². The molecule has 5 heteroatoms. The van der Waals surface area contributed by atoms with Gasteiger partial charge < -0.3 is 15.4 Å². The van der Waals surface area contributed by atoms with Gasteiger partial charge in [0.2, 0.25) is 5.91 Å². The van der Waals surface area contributed by atoms with E-state index >= 15 is 0 Å². The number of hydrogen-bond donors (Lipinski definition) is 1. The van der Waals surface area contributed by atoms with E-state index in [1.807, 2.05) is 11.0 Å². The van der Waals surface area contributed by atoms with Crippen molar-refractivity contribution in [2.45, 2.75) is 25.4 Å². The number of nitrogens with two attached hydrogens (primary N) is 1. The summed E-state index contributed by atoms with van der Waals surface area (Å²) in [6.07, 6.45) is 4.28. The molecule has 0 spiro atoms. The average Bonchev–Trinajstić information content (AvgIpc) is 2.35. The Morgan fingerprint density at radius 1 is 1.59 bits per heavy atom. The van der Waals surface area contributed by atoms with Crippen molar-refractivity contribution in [3.63, 3.8) is 0 Å². The molecule has 1 unspecified atom stereocenters. The number of rotatable bonds is 5. The fraction of sp³-hybridized carbons (Fsp3) is 0.750. The molecule has 0 aromatic heterocycles. The maximum absolute atomic E-state index is 11.9. The molecule has 1 heterocycles. The Morgan fingerprint density at radius 2 is 2.18 bits per heavy atom. The van der Waals surface area contributed by atoms with Gasteiger partial charge in [-0.2, -0.15) is 0 Å². The lowest BCUT2D eigenvalue weighted by molar-refractivity contribution is -0.134. The number of carbonyl (C=O) groups excluding carboxylic acids is 1. The first kappa shape index (κ1) is 16.4. The van der Waals surface area contributed by atoms with Crippen LogP contribution in [-0.2, 0) is 9.53 Å². The predicted molar refractivity (Wildman–Crippen MR) is 71.2 cm³/mol. The van der Waals surface area contributed by atoms with E-state index in [-0.39, 0.29) is 24.4 Å². The molecule has 1 rings (SSSR count). The highest BCUT2D eigenvalue weighted by Gasteiger charge is 2.22. The van der Waals surface area contributed by atoms with Crippen molar-refractivity contribution in [1.29, 1.82) is 0 Å². The van der Waals surface area contributed by atoms with Gasteiger partial charge in [0.25, 0.3) is 0 Å². The first-order valence-electron chi connectivity index (χ1n) is 5.84. The van der Waals surface area contributed by atoms with Crippen LogP contribution < -0.4 is 5.73 Å². The predicted octanol–water partition coefficient (Wildman–Crippen LogP) is 1.20. The van der Waals surface area contributed by atoms with Crippen LogP contribution >= 0.6 is 12.4 Å². The Hall–Kier alpha value is -0.580. The van der Waals surface area contributed by atoms with Gasteiger partial charge in [-0.1, -0.05) is 6.08 Å². The van der Waals surface area contributed by atoms with Crippen molar-refractivity contribution in [2.75, 3.05) is 26.7 Å². The molecule has 0 radical (unpaired) electrons. The molecule has 2 N–H and O–H groups in total. The van der Waals surface area contributed by atoms with Gasteiger partial charge in [-0.05, 0) is 18.8 Å². The molecule has 1 atom stereocenters. The third-order valence-electron chi connectivity index (χ3n) is 3.22. The van der Waals surface area contributed by atoms with E-state index in [9.17, 15) is 4.79 Å². The molecule has 0 aliphatic carbocycles. The minimum atomic E-state index is -0.148. The highest BCUT2D eigenvalue weighted by atomic mass is 35.5. The van der Waals surface area contributed by atoms with Crippen LogP contribution in [0, 0.1) is 5.92 Å². The molecule has 1 amide bonds. The van der Waals surface area contributed by atoms with E-state index in [1.54, 1.807) is 7.11 Å². The van der Waals surface area contributed by atoms with E-state index in [0.717, 1.165) is 25.9 Å². The summed E-state index contributed by atoms with van der Waals surface area (Å²) in [7, 11) is 1.59. The third-order valence-corrected chi connectivity index (χ3v) is 3.22. The molecule has 1 saturated heterocycles. The Kier molecular flexibility index (Phi) is 8.21. The number of piperidine rings is 1. The van der Waals surface area contributed by atoms with E-state index < -0.39 is 0 Å². The molecule has 0 aromatic rings. The number of nitrogens with zero attached hydrogens (tertiary/aromatic N) is 1. The fourth-order valence-electron chi connectivity index (χ4n) is 1.97. The van der Waals surface area contributed by atoms with Crippen LogP contribution in [0.5, 0.6) is 0 Å². The van der Waals surface area contributed by atoms with Gasteiger partial charge in [0, 0.05) is 26.7 Å². The third kappa shape index (κ3) is 5.06. The number of hydrogen-bond acceptors (Lipinski definition) is 3. The van der Waals surface area contributed by atoms with Crippen molar-refractivity contribution >= 4 is 18.3 Å². The zero-order chi connectivity index (χ0) is 12.0. The van der Waals surface area contributed by atoms with Crippen LogP contribution in [0.25, 0.3) is 0 Å². The second-order valence-electron chi connectivity index (χ2n) is 4.25. The largest absolute Gasteiger partial charge is 0.380 e. The number of amides is 1. The van der Waals surface area contributed by atoms with Gasteiger partial charge >= 0.3 is 0 Å². The number of likely N-dealkylation sites (tertiary alicyclic amines) is 1. The Morgan fingerprint density at radius 3 is 2.59 bits per heavy atom. The molecule has 0 aromatic carbocycles. The van der Waals surface area contributed by atoms with Crippen molar-refractivity contribution in [3.05, 3.63) is 12.7 Å². The summed E-state index contributed by atoms with van der Waals surface area (Å²) < 4.78 is 5.11. The topological polar surface area (TPSA) is 55.6 Å². The van der Waals surface area contributed by atoms with Crippen LogP contribution in [0.3, 0.4) is 0 Å². The number of methoxy groups -OCH3 is 1. The number of ether oxygens (including phenoxy) is 1. The molecular formula is C12H23ClN2O2. The number of carbonyl (C=O) groups is 1. The summed E-state index contributed by atoms with van der Waals surface area (Å²) >= 11 is 0. The van der Waals surface area contributed by atoms with Gasteiger partial charge in [0.05, 0.1) is 12.5 Å². The van der Waals surface area contributed by atoms with E-state index in [4.69, 9.17) is 10.5 Å². The van der Waals surface area contributed by atoms with Crippen molar-refractivity contribution < 1.29 is 9.53 Å². The van der Waals surface area contributed by atoms with Gasteiger partial charge in [-0.25, -0.2) is 0 Å². The molecule has 0 bridgehead atoms. The van der Waals surface area contributed by atoms with Crippen LogP contribution in [0.2, 0.25) is 0 Å². The molecule has 100 valence electrons. The minimum Gasteiger partial charge on any atom is -0.380 e. The zero-order valence-electron chi connectivity index (χ0n) is 10.4. The molecular weight excluding hydrogens is 240 g/mol. The summed E-state index contributed by atoms with van der Waals surface area (Å²) in [5.74, 6) is 0.719. The molecule has 17 heavy (non-hydrogen) atoms. The van der Waals surface area contributed by atoms with E-state index in [2.05, 4.69) is 6.58 Å². The van der Waals surface area contributed by atoms with Gasteiger partial charge in [-0.3, -0.25) is 4.79 Å². The molecule has 1 aliphatic heterocycles. The molecule has 1 fully saturated rings. The summed E-state index contributed by atoms with van der Waals surface area (Å²) in [5.41, 5.74) is 5.50. The molecule has 1 aliphatic rings. The number of allylic oxidation sites excluding steroid dienone is 1. The highest BCUT2D eigenvalue weighted by Crippen LogP contribution is 2.18. The highest BCUT2D eigenvalue weighted by molar-refractivity contribution is 5.85. The monoisotopic (exact) mass is 262 g/mol. The lowest BCUT2D eigenvalue weighted by atomic mass is 9.97. The van der Waals surface area contributed by atoms with Crippen LogP contribution in [0.4, 0.5) is 0 Å². The molecule has 4 nitrogen and oxygen atoms in total. The normalized spacial score (nSPS) is 18.4. The summed E-state index contributed by atoms with van der Waals surface area (Å²) in [6, 6.07) is 0. The quantitative estimate of drug-likeness (QED) is 0.758. The second kappa shape index (κ2) is 8.50. The van der Waals surface area contributed by atoms with Crippen LogP contribution in [0.1, 0.15) is 19.3 Å². The van der Waals surface area contributed by atoms with Crippen LogP contribution in [-0.4, -0.2) is 43.7 Å². The number of halogens is 1. The SMILES string of the molecule is C=CC1CCN(C(=O)CC(CN)OC)CC1.Cl. The fourth-order valence-corrected chi connectivity index (χ4v) is 1.97. The van der Waals surface area contributed by atoms with Crippen LogP contribution in [0.15, 0.2) is 12.7 Å². The maximum Gasteiger partial charge on any atom is 0.225 e. The minimum absolute atomic E-state index is 0. The first-order chi connectivity index (χ1) is 7.71. The standard InChI is InChI=1S/C12H22N2O2.ClH/c1-3-10-4-6-14(7-5-10)12(15)8-11(9-13)16-2;/h3,10-11H,1,4-9,13H2,2H3;1H.